The zero-order valence-corrected chi connectivity index (χ0v) is 27.7. The normalized spacial score (nSPS) is 13.3. The molecule has 0 spiro atoms. The minimum atomic E-state index is -0.171. The van der Waals surface area contributed by atoms with Crippen LogP contribution in [0.4, 0.5) is 0 Å². The summed E-state index contributed by atoms with van der Waals surface area (Å²) in [6, 6.07) is 63.0. The Kier molecular flexibility index (Phi) is 6.02. The Balaban J connectivity index is 1.25. The maximum Gasteiger partial charge on any atom is 0.0171 e. The summed E-state index contributed by atoms with van der Waals surface area (Å²) in [6.45, 7) is 4.84. The molecule has 0 fully saturated rings. The van der Waals surface area contributed by atoms with Crippen LogP contribution in [0.2, 0.25) is 0 Å². The van der Waals surface area contributed by atoms with Gasteiger partial charge < -0.3 is 0 Å². The highest BCUT2D eigenvalue weighted by Gasteiger charge is 2.39. The third-order valence-electron chi connectivity index (χ3n) is 11.0. The molecule has 0 heterocycles. The van der Waals surface area contributed by atoms with E-state index in [4.69, 9.17) is 0 Å². The fourth-order valence-electron chi connectivity index (χ4n) is 9.00. The van der Waals surface area contributed by atoms with E-state index in [2.05, 4.69) is 184 Å². The second-order valence-corrected chi connectivity index (χ2v) is 14.0. The Labute approximate surface area is 286 Å². The minimum Gasteiger partial charge on any atom is -0.0616 e. The van der Waals surface area contributed by atoms with Crippen LogP contribution in [0.1, 0.15) is 25.0 Å². The molecular weight excluding hydrogens is 589 g/mol. The van der Waals surface area contributed by atoms with Crippen molar-refractivity contribution in [1.29, 1.82) is 0 Å². The van der Waals surface area contributed by atoms with Crippen molar-refractivity contribution in [3.63, 3.8) is 0 Å². The number of hydrogen-bond donors (Lipinski definition) is 0. The van der Waals surface area contributed by atoms with E-state index in [1.807, 2.05) is 0 Å². The summed E-state index contributed by atoms with van der Waals surface area (Å²) in [7, 11) is 0. The molecule has 0 bridgehead atoms. The summed E-state index contributed by atoms with van der Waals surface area (Å²) in [5.74, 6) is 0. The highest BCUT2D eigenvalue weighted by atomic mass is 14.4. The molecule has 0 aliphatic heterocycles. The molecule has 0 unspecified atom stereocenters. The van der Waals surface area contributed by atoms with E-state index in [1.54, 1.807) is 0 Å². The third-order valence-corrected chi connectivity index (χ3v) is 11.0. The van der Waals surface area contributed by atoms with Crippen molar-refractivity contribution in [2.75, 3.05) is 0 Å². The SMILES string of the molecule is CC1(C)c2c(cccc2-c2c3ccccc3c(-c3cccc(-c4cccc5ccccc45)c3)c3ccccc23)-c2ccc3ccccc3c21. The van der Waals surface area contributed by atoms with E-state index in [0.717, 1.165) is 0 Å². The van der Waals surface area contributed by atoms with Gasteiger partial charge in [0.05, 0.1) is 0 Å². The molecular formula is C49H34. The molecule has 1 aliphatic carbocycles. The van der Waals surface area contributed by atoms with Crippen LogP contribution in [-0.2, 0) is 5.41 Å². The molecule has 9 aromatic carbocycles. The van der Waals surface area contributed by atoms with E-state index in [1.165, 1.54) is 98.7 Å². The molecule has 0 saturated heterocycles. The maximum absolute atomic E-state index is 2.42. The molecule has 0 saturated carbocycles. The molecule has 0 aromatic heterocycles. The monoisotopic (exact) mass is 622 g/mol. The standard InChI is InChI=1S/C49H34/c1-49(2)47-37-20-6-4-15-32(37)28-29-43(47)42-26-13-27-44(48(42)49)46-40-23-9-7-21-38(40)45(39-22-8-10-24-41(39)46)34-18-11-17-33(30-34)36-25-12-16-31-14-3-5-19-35(31)36/h3-30H,1-2H3. The number of hydrogen-bond acceptors (Lipinski definition) is 0. The van der Waals surface area contributed by atoms with Crippen molar-refractivity contribution in [2.45, 2.75) is 19.3 Å². The molecule has 0 amide bonds. The Morgan fingerprint density at radius 3 is 1.49 bits per heavy atom. The molecule has 9 aromatic rings. The highest BCUT2D eigenvalue weighted by molar-refractivity contribution is 6.22. The van der Waals surface area contributed by atoms with Gasteiger partial charge in [-0.1, -0.05) is 178 Å². The number of benzene rings is 9. The zero-order valence-electron chi connectivity index (χ0n) is 27.7. The third kappa shape index (κ3) is 4.04. The lowest BCUT2D eigenvalue weighted by atomic mass is 9.76. The summed E-state index contributed by atoms with van der Waals surface area (Å²) < 4.78 is 0. The fourth-order valence-corrected chi connectivity index (χ4v) is 9.00. The highest BCUT2D eigenvalue weighted by Crippen LogP contribution is 2.56. The summed E-state index contributed by atoms with van der Waals surface area (Å²) >= 11 is 0. The van der Waals surface area contributed by atoms with Gasteiger partial charge in [-0.15, -0.1) is 0 Å². The van der Waals surface area contributed by atoms with Crippen LogP contribution < -0.4 is 0 Å². The lowest BCUT2D eigenvalue weighted by Crippen LogP contribution is -2.17. The molecule has 1 aliphatic rings. The summed E-state index contributed by atoms with van der Waals surface area (Å²) in [6.07, 6.45) is 0. The first kappa shape index (κ1) is 28.1. The molecule has 0 heteroatoms. The van der Waals surface area contributed by atoms with Crippen LogP contribution in [0.3, 0.4) is 0 Å². The predicted molar refractivity (Wildman–Crippen MR) is 210 cm³/mol. The van der Waals surface area contributed by atoms with Crippen molar-refractivity contribution < 1.29 is 0 Å². The van der Waals surface area contributed by atoms with Gasteiger partial charge in [0.2, 0.25) is 0 Å². The van der Waals surface area contributed by atoms with Gasteiger partial charge in [-0.05, 0) is 105 Å². The van der Waals surface area contributed by atoms with Crippen LogP contribution in [0.15, 0.2) is 170 Å². The van der Waals surface area contributed by atoms with Gasteiger partial charge in [0.25, 0.3) is 0 Å². The predicted octanol–water partition coefficient (Wildman–Crippen LogP) is 13.6. The van der Waals surface area contributed by atoms with Crippen molar-refractivity contribution in [2.24, 2.45) is 0 Å². The lowest BCUT2D eigenvalue weighted by molar-refractivity contribution is 0.668. The molecule has 0 radical (unpaired) electrons. The van der Waals surface area contributed by atoms with E-state index < -0.39 is 0 Å². The first-order valence-electron chi connectivity index (χ1n) is 17.3. The first-order chi connectivity index (χ1) is 24.1. The summed E-state index contributed by atoms with van der Waals surface area (Å²) in [5, 5.41) is 10.3. The van der Waals surface area contributed by atoms with Gasteiger partial charge in [0.1, 0.15) is 0 Å². The molecule has 230 valence electrons. The van der Waals surface area contributed by atoms with Gasteiger partial charge in [-0.3, -0.25) is 0 Å². The maximum atomic E-state index is 2.42. The van der Waals surface area contributed by atoms with Crippen LogP contribution in [0, 0.1) is 0 Å². The van der Waals surface area contributed by atoms with E-state index in [9.17, 15) is 0 Å². The Morgan fingerprint density at radius 2 is 0.776 bits per heavy atom. The quantitative estimate of drug-likeness (QED) is 0.172. The van der Waals surface area contributed by atoms with Gasteiger partial charge in [-0.2, -0.15) is 0 Å². The minimum absolute atomic E-state index is 0.171. The Bertz CT molecular complexity index is 2730. The molecule has 49 heavy (non-hydrogen) atoms. The van der Waals surface area contributed by atoms with Crippen molar-refractivity contribution in [1.82, 2.24) is 0 Å². The Hall–Kier alpha value is -5.98. The van der Waals surface area contributed by atoms with E-state index >= 15 is 0 Å². The van der Waals surface area contributed by atoms with Crippen molar-refractivity contribution in [3.8, 4) is 44.5 Å². The number of rotatable bonds is 3. The van der Waals surface area contributed by atoms with Crippen LogP contribution in [0.5, 0.6) is 0 Å². The average molecular weight is 623 g/mol. The second-order valence-electron chi connectivity index (χ2n) is 14.0. The molecule has 0 N–H and O–H groups in total. The molecule has 10 rings (SSSR count). The van der Waals surface area contributed by atoms with Crippen molar-refractivity contribution in [3.05, 3.63) is 181 Å². The summed E-state index contributed by atoms with van der Waals surface area (Å²) in [5.41, 5.74) is 13.1. The molecule has 0 atom stereocenters. The van der Waals surface area contributed by atoms with Crippen LogP contribution >= 0.6 is 0 Å². The summed E-state index contributed by atoms with van der Waals surface area (Å²) in [4.78, 5) is 0. The first-order valence-corrected chi connectivity index (χ1v) is 17.3. The second kappa shape index (κ2) is 10.5. The van der Waals surface area contributed by atoms with Gasteiger partial charge in [-0.25, -0.2) is 0 Å². The van der Waals surface area contributed by atoms with E-state index in [-0.39, 0.29) is 5.41 Å². The van der Waals surface area contributed by atoms with Crippen LogP contribution in [0.25, 0.3) is 87.6 Å². The number of fused-ring (bicyclic) bond motifs is 8. The molecule has 0 nitrogen and oxygen atoms in total. The average Bonchev–Trinajstić information content (AvgIpc) is 3.40. The topological polar surface area (TPSA) is 0 Å². The smallest absolute Gasteiger partial charge is 0.0171 e. The lowest BCUT2D eigenvalue weighted by Gasteiger charge is -2.27. The van der Waals surface area contributed by atoms with Gasteiger partial charge in [0, 0.05) is 5.41 Å². The van der Waals surface area contributed by atoms with Crippen LogP contribution in [-0.4, -0.2) is 0 Å². The fraction of sp³-hybridized carbons (Fsp3) is 0.0612. The Morgan fingerprint density at radius 1 is 0.306 bits per heavy atom. The van der Waals surface area contributed by atoms with E-state index in [0.29, 0.717) is 0 Å². The largest absolute Gasteiger partial charge is 0.0616 e. The van der Waals surface area contributed by atoms with Crippen molar-refractivity contribution >= 4 is 43.1 Å². The van der Waals surface area contributed by atoms with Gasteiger partial charge >= 0.3 is 0 Å². The van der Waals surface area contributed by atoms with Gasteiger partial charge in [0.15, 0.2) is 0 Å². The zero-order chi connectivity index (χ0) is 32.7.